The second-order valence-electron chi connectivity index (χ2n) is 4.86. The Bertz CT molecular complexity index is 402. The van der Waals surface area contributed by atoms with Crippen LogP contribution >= 0.6 is 0 Å². The van der Waals surface area contributed by atoms with Gasteiger partial charge in [-0.15, -0.1) is 0 Å². The number of rotatable bonds is 6. The Hall–Kier alpha value is -1.56. The Balaban J connectivity index is 2.42. The Morgan fingerprint density at radius 1 is 1.53 bits per heavy atom. The molecule has 0 bridgehead atoms. The van der Waals surface area contributed by atoms with E-state index in [2.05, 4.69) is 20.9 Å². The molecule has 1 heterocycles. The lowest BCUT2D eigenvalue weighted by Gasteiger charge is -2.09. The minimum Gasteiger partial charge on any atom is -0.309 e. The van der Waals surface area contributed by atoms with Crippen molar-refractivity contribution < 1.29 is 14.8 Å². The highest BCUT2D eigenvalue weighted by Gasteiger charge is 2.41. The summed E-state index contributed by atoms with van der Waals surface area (Å²) >= 11 is 0. The molecule has 7 nitrogen and oxygen atoms in total. The first-order valence-corrected chi connectivity index (χ1v) is 6.25. The predicted molar refractivity (Wildman–Crippen MR) is 69.1 cm³/mol. The molecule has 1 rings (SSSR count). The lowest BCUT2D eigenvalue weighted by molar-refractivity contribution is -0.172. The van der Waals surface area contributed by atoms with Crippen molar-refractivity contribution in [1.29, 1.82) is 0 Å². The van der Waals surface area contributed by atoms with Crippen molar-refractivity contribution in [2.24, 2.45) is 15.9 Å². The fraction of sp³-hybridized carbons (Fsp3) is 0.750. The number of imide groups is 1. The van der Waals surface area contributed by atoms with Crippen LogP contribution in [0.25, 0.3) is 0 Å². The van der Waals surface area contributed by atoms with Crippen molar-refractivity contribution in [2.75, 3.05) is 27.2 Å². The molecule has 1 aliphatic heterocycles. The summed E-state index contributed by atoms with van der Waals surface area (Å²) in [7, 11) is 3.98. The molecule has 0 spiro atoms. The fourth-order valence-corrected chi connectivity index (χ4v) is 1.76. The van der Waals surface area contributed by atoms with E-state index in [0.29, 0.717) is 6.54 Å². The number of nitrogens with zero attached hydrogens (tertiary/aromatic N) is 4. The Labute approximate surface area is 112 Å². The average Bonchev–Trinajstić information content (AvgIpc) is 2.61. The molecule has 1 N–H and O–H groups in total. The van der Waals surface area contributed by atoms with Crippen LogP contribution in [-0.2, 0) is 9.59 Å². The smallest absolute Gasteiger partial charge is 0.259 e. The normalized spacial score (nSPS) is 20.7. The van der Waals surface area contributed by atoms with Gasteiger partial charge < -0.3 is 4.90 Å². The average molecular weight is 268 g/mol. The SMILES string of the molecule is CC(N=C=NCCCN(C)C)C1CC(=O)N(O)C1=O. The van der Waals surface area contributed by atoms with E-state index >= 15 is 0 Å². The third-order valence-electron chi connectivity index (χ3n) is 2.95. The van der Waals surface area contributed by atoms with Crippen molar-refractivity contribution in [1.82, 2.24) is 9.96 Å². The zero-order valence-corrected chi connectivity index (χ0v) is 11.5. The summed E-state index contributed by atoms with van der Waals surface area (Å²) < 4.78 is 0. The van der Waals surface area contributed by atoms with E-state index < -0.39 is 23.8 Å². The van der Waals surface area contributed by atoms with Crippen LogP contribution in [0.1, 0.15) is 19.8 Å². The topological polar surface area (TPSA) is 85.6 Å². The van der Waals surface area contributed by atoms with Gasteiger partial charge in [0.2, 0.25) is 0 Å². The lowest BCUT2D eigenvalue weighted by Crippen LogP contribution is -2.29. The summed E-state index contributed by atoms with van der Waals surface area (Å²) in [6.07, 6.45) is 0.900. The first-order chi connectivity index (χ1) is 8.93. The first-order valence-electron chi connectivity index (χ1n) is 6.25. The van der Waals surface area contributed by atoms with Gasteiger partial charge in [-0.05, 0) is 34.0 Å². The third kappa shape index (κ3) is 4.55. The van der Waals surface area contributed by atoms with Crippen LogP contribution in [0.15, 0.2) is 9.98 Å². The van der Waals surface area contributed by atoms with Crippen LogP contribution in [0.3, 0.4) is 0 Å². The summed E-state index contributed by atoms with van der Waals surface area (Å²) in [5.74, 6) is -1.79. The van der Waals surface area contributed by atoms with Gasteiger partial charge >= 0.3 is 0 Å². The van der Waals surface area contributed by atoms with Crippen LogP contribution in [0.5, 0.6) is 0 Å². The molecule has 19 heavy (non-hydrogen) atoms. The summed E-state index contributed by atoms with van der Waals surface area (Å²) in [6, 6.07) is 2.14. The minimum absolute atomic E-state index is 0.0116. The summed E-state index contributed by atoms with van der Waals surface area (Å²) in [6.45, 7) is 3.27. The molecule has 1 saturated heterocycles. The van der Waals surface area contributed by atoms with Crippen LogP contribution in [0, 0.1) is 5.92 Å². The molecule has 0 aliphatic carbocycles. The second-order valence-corrected chi connectivity index (χ2v) is 4.86. The fourth-order valence-electron chi connectivity index (χ4n) is 1.76. The molecular formula is C12H20N4O3. The summed E-state index contributed by atoms with van der Waals surface area (Å²) in [5, 5.41) is 9.29. The first kappa shape index (κ1) is 15.5. The number of hydrogen-bond acceptors (Lipinski definition) is 6. The van der Waals surface area contributed by atoms with Gasteiger partial charge in [-0.3, -0.25) is 14.8 Å². The maximum Gasteiger partial charge on any atom is 0.259 e. The summed E-state index contributed by atoms with van der Waals surface area (Å²) in [4.78, 5) is 32.7. The van der Waals surface area contributed by atoms with Gasteiger partial charge in [0, 0.05) is 6.42 Å². The molecule has 2 atom stereocenters. The monoisotopic (exact) mass is 268 g/mol. The Kier molecular flexibility index (Phi) is 5.82. The minimum atomic E-state index is -0.609. The quantitative estimate of drug-likeness (QED) is 0.324. The van der Waals surface area contributed by atoms with Crippen LogP contribution in [0.2, 0.25) is 0 Å². The second kappa shape index (κ2) is 7.13. The molecule has 0 aromatic rings. The molecule has 106 valence electrons. The van der Waals surface area contributed by atoms with E-state index in [-0.39, 0.29) is 11.5 Å². The molecular weight excluding hydrogens is 248 g/mol. The highest BCUT2D eigenvalue weighted by molar-refractivity contribution is 6.02. The standard InChI is InChI=1S/C12H20N4O3/c1-9(10-7-11(17)16(19)12(10)18)14-8-13-5-4-6-15(2)3/h9-10,19H,4-7H2,1-3H3. The van der Waals surface area contributed by atoms with Gasteiger partial charge in [0.15, 0.2) is 0 Å². The van der Waals surface area contributed by atoms with Gasteiger partial charge in [0.1, 0.15) is 0 Å². The van der Waals surface area contributed by atoms with Crippen molar-refractivity contribution in [3.8, 4) is 0 Å². The Morgan fingerprint density at radius 2 is 2.21 bits per heavy atom. The lowest BCUT2D eigenvalue weighted by atomic mass is 10.0. The van der Waals surface area contributed by atoms with Gasteiger partial charge in [-0.2, -0.15) is 5.06 Å². The molecule has 0 radical (unpaired) electrons. The van der Waals surface area contributed by atoms with Gasteiger partial charge in [0.05, 0.1) is 24.5 Å². The molecule has 2 amide bonds. The highest BCUT2D eigenvalue weighted by Crippen LogP contribution is 2.22. The van der Waals surface area contributed by atoms with E-state index in [1.807, 2.05) is 14.1 Å². The maximum absolute atomic E-state index is 11.5. The van der Waals surface area contributed by atoms with E-state index in [4.69, 9.17) is 5.21 Å². The van der Waals surface area contributed by atoms with E-state index in [9.17, 15) is 9.59 Å². The number of carbonyl (C=O) groups excluding carboxylic acids is 2. The number of amides is 2. The molecule has 0 aromatic carbocycles. The molecule has 2 unspecified atom stereocenters. The zero-order chi connectivity index (χ0) is 14.4. The molecule has 1 aliphatic rings. The predicted octanol–water partition coefficient (Wildman–Crippen LogP) is 0.265. The van der Waals surface area contributed by atoms with E-state index in [0.717, 1.165) is 13.0 Å². The molecule has 1 fully saturated rings. The maximum atomic E-state index is 11.5. The number of hydrogen-bond donors (Lipinski definition) is 1. The van der Waals surface area contributed by atoms with Crippen molar-refractivity contribution in [2.45, 2.75) is 25.8 Å². The summed E-state index contributed by atoms with van der Waals surface area (Å²) in [5.41, 5.74) is 0. The molecule has 7 heteroatoms. The zero-order valence-electron chi connectivity index (χ0n) is 11.5. The van der Waals surface area contributed by atoms with Crippen molar-refractivity contribution >= 4 is 17.8 Å². The van der Waals surface area contributed by atoms with Gasteiger partial charge in [-0.25, -0.2) is 9.98 Å². The number of carbonyl (C=O) groups is 2. The Morgan fingerprint density at radius 3 is 2.74 bits per heavy atom. The highest BCUT2D eigenvalue weighted by atomic mass is 16.5. The van der Waals surface area contributed by atoms with Crippen LogP contribution in [0.4, 0.5) is 0 Å². The third-order valence-corrected chi connectivity index (χ3v) is 2.95. The van der Waals surface area contributed by atoms with Gasteiger partial charge in [0.25, 0.3) is 11.8 Å². The molecule has 0 saturated carbocycles. The van der Waals surface area contributed by atoms with Crippen LogP contribution < -0.4 is 0 Å². The van der Waals surface area contributed by atoms with Crippen molar-refractivity contribution in [3.63, 3.8) is 0 Å². The van der Waals surface area contributed by atoms with E-state index in [1.165, 1.54) is 0 Å². The van der Waals surface area contributed by atoms with Crippen molar-refractivity contribution in [3.05, 3.63) is 0 Å². The van der Waals surface area contributed by atoms with Gasteiger partial charge in [-0.1, -0.05) is 0 Å². The largest absolute Gasteiger partial charge is 0.309 e. The number of aliphatic imine (C=N–C) groups is 2. The molecule has 0 aromatic heterocycles. The van der Waals surface area contributed by atoms with E-state index in [1.54, 1.807) is 6.92 Å². The number of hydroxylamine groups is 2. The van der Waals surface area contributed by atoms with Crippen LogP contribution in [-0.4, -0.2) is 66.2 Å².